The standard InChI is InChI=1S/C27H23N3O2/c1-16-5-11-22(18(3)13-16)24-25(29-23-12-6-17(2)14-19(23)4)27(32)30(26(24)31)21-9-7-20(15-28)8-10-21/h5-14,29H,1-4H3. The van der Waals surface area contributed by atoms with E-state index in [0.717, 1.165) is 33.5 Å². The number of rotatable bonds is 4. The Kier molecular flexibility index (Phi) is 5.38. The van der Waals surface area contributed by atoms with Gasteiger partial charge in [0.1, 0.15) is 5.70 Å². The smallest absolute Gasteiger partial charge is 0.282 e. The van der Waals surface area contributed by atoms with E-state index < -0.39 is 5.91 Å². The number of nitrogens with one attached hydrogen (secondary N) is 1. The highest BCUT2D eigenvalue weighted by atomic mass is 16.2. The number of hydrogen-bond donors (Lipinski definition) is 1. The number of amides is 2. The highest BCUT2D eigenvalue weighted by Gasteiger charge is 2.40. The van der Waals surface area contributed by atoms with Gasteiger partial charge in [0, 0.05) is 5.69 Å². The molecule has 1 N–H and O–H groups in total. The van der Waals surface area contributed by atoms with Gasteiger partial charge in [-0.15, -0.1) is 0 Å². The molecule has 5 heteroatoms. The fraction of sp³-hybridized carbons (Fsp3) is 0.148. The van der Waals surface area contributed by atoms with Crippen molar-refractivity contribution in [1.82, 2.24) is 0 Å². The molecule has 0 spiro atoms. The molecule has 3 aromatic carbocycles. The minimum absolute atomic E-state index is 0.248. The normalized spacial score (nSPS) is 13.5. The lowest BCUT2D eigenvalue weighted by Crippen LogP contribution is -2.32. The van der Waals surface area contributed by atoms with Crippen molar-refractivity contribution < 1.29 is 9.59 Å². The summed E-state index contributed by atoms with van der Waals surface area (Å²) in [5, 5.41) is 12.3. The van der Waals surface area contributed by atoms with Crippen molar-refractivity contribution >= 4 is 28.8 Å². The van der Waals surface area contributed by atoms with E-state index >= 15 is 0 Å². The maximum absolute atomic E-state index is 13.6. The molecule has 5 nitrogen and oxygen atoms in total. The number of nitriles is 1. The van der Waals surface area contributed by atoms with Crippen LogP contribution >= 0.6 is 0 Å². The average Bonchev–Trinajstić information content (AvgIpc) is 3.00. The number of hydrogen-bond acceptors (Lipinski definition) is 4. The second-order valence-corrected chi connectivity index (χ2v) is 8.12. The molecule has 3 aromatic rings. The Morgan fingerprint density at radius 3 is 2.00 bits per heavy atom. The van der Waals surface area contributed by atoms with Crippen molar-refractivity contribution in [1.29, 1.82) is 5.26 Å². The van der Waals surface area contributed by atoms with Gasteiger partial charge in [-0.3, -0.25) is 9.59 Å². The molecule has 0 atom stereocenters. The fourth-order valence-corrected chi connectivity index (χ4v) is 4.00. The van der Waals surface area contributed by atoms with Gasteiger partial charge in [0.2, 0.25) is 0 Å². The zero-order valence-corrected chi connectivity index (χ0v) is 18.5. The molecule has 1 heterocycles. The summed E-state index contributed by atoms with van der Waals surface area (Å²) in [6.45, 7) is 7.90. The highest BCUT2D eigenvalue weighted by molar-refractivity contribution is 6.46. The van der Waals surface area contributed by atoms with Crippen LogP contribution < -0.4 is 10.2 Å². The van der Waals surface area contributed by atoms with Crippen molar-refractivity contribution in [3.8, 4) is 6.07 Å². The molecular weight excluding hydrogens is 398 g/mol. The van der Waals surface area contributed by atoms with Gasteiger partial charge in [-0.1, -0.05) is 41.5 Å². The van der Waals surface area contributed by atoms with Crippen LogP contribution in [0.15, 0.2) is 66.4 Å². The predicted molar refractivity (Wildman–Crippen MR) is 126 cm³/mol. The largest absolute Gasteiger partial charge is 0.350 e. The molecule has 0 saturated carbocycles. The fourth-order valence-electron chi connectivity index (χ4n) is 4.00. The van der Waals surface area contributed by atoms with Gasteiger partial charge in [-0.25, -0.2) is 4.90 Å². The molecule has 2 amide bonds. The van der Waals surface area contributed by atoms with Gasteiger partial charge in [0.15, 0.2) is 0 Å². The summed E-state index contributed by atoms with van der Waals surface area (Å²) in [4.78, 5) is 28.3. The lowest BCUT2D eigenvalue weighted by Gasteiger charge is -2.16. The third-order valence-electron chi connectivity index (χ3n) is 5.63. The molecule has 1 aliphatic heterocycles. The first-order valence-electron chi connectivity index (χ1n) is 10.4. The Morgan fingerprint density at radius 2 is 1.41 bits per heavy atom. The third-order valence-corrected chi connectivity index (χ3v) is 5.63. The summed E-state index contributed by atoms with van der Waals surface area (Å²) in [7, 11) is 0. The third kappa shape index (κ3) is 3.67. The molecule has 0 aromatic heterocycles. The lowest BCUT2D eigenvalue weighted by molar-refractivity contribution is -0.120. The maximum Gasteiger partial charge on any atom is 0.282 e. The number of nitrogens with zero attached hydrogens (tertiary/aromatic N) is 2. The van der Waals surface area contributed by atoms with E-state index in [4.69, 9.17) is 5.26 Å². The van der Waals surface area contributed by atoms with Crippen molar-refractivity contribution in [2.24, 2.45) is 0 Å². The highest BCUT2D eigenvalue weighted by Crippen LogP contribution is 2.35. The molecule has 0 saturated heterocycles. The van der Waals surface area contributed by atoms with Crippen LogP contribution in [0.1, 0.15) is 33.4 Å². The summed E-state index contributed by atoms with van der Waals surface area (Å²) in [6.07, 6.45) is 0. The van der Waals surface area contributed by atoms with Gasteiger partial charge in [-0.2, -0.15) is 5.26 Å². The Balaban J connectivity index is 1.86. The van der Waals surface area contributed by atoms with Crippen LogP contribution in [0.4, 0.5) is 11.4 Å². The van der Waals surface area contributed by atoms with E-state index in [1.165, 1.54) is 4.90 Å². The second kappa shape index (κ2) is 8.16. The minimum atomic E-state index is -0.422. The summed E-state index contributed by atoms with van der Waals surface area (Å²) in [5.74, 6) is -0.811. The number of anilines is 2. The first-order chi connectivity index (χ1) is 15.3. The predicted octanol–water partition coefficient (Wildman–Crippen LogP) is 5.19. The molecule has 0 unspecified atom stereocenters. The second-order valence-electron chi connectivity index (χ2n) is 8.12. The molecule has 158 valence electrons. The zero-order chi connectivity index (χ0) is 23.0. The van der Waals surface area contributed by atoms with Crippen molar-refractivity contribution in [3.05, 3.63) is 99.7 Å². The summed E-state index contributed by atoms with van der Waals surface area (Å²) in [5.41, 5.74) is 7.07. The Bertz CT molecular complexity index is 1330. The molecule has 4 rings (SSSR count). The van der Waals surface area contributed by atoms with Crippen LogP contribution in [0.25, 0.3) is 5.57 Å². The number of carbonyl (C=O) groups is 2. The average molecular weight is 422 g/mol. The summed E-state index contributed by atoms with van der Waals surface area (Å²) < 4.78 is 0. The Morgan fingerprint density at radius 1 is 0.781 bits per heavy atom. The SMILES string of the molecule is Cc1ccc(NC2=C(c3ccc(C)cc3C)C(=O)N(c3ccc(C#N)cc3)C2=O)c(C)c1. The van der Waals surface area contributed by atoms with Crippen molar-refractivity contribution in [3.63, 3.8) is 0 Å². The molecule has 32 heavy (non-hydrogen) atoms. The van der Waals surface area contributed by atoms with Crippen LogP contribution in [-0.2, 0) is 9.59 Å². The topological polar surface area (TPSA) is 73.2 Å². The van der Waals surface area contributed by atoms with Crippen LogP contribution in [0, 0.1) is 39.0 Å². The number of aryl methyl sites for hydroxylation is 4. The zero-order valence-electron chi connectivity index (χ0n) is 18.5. The first kappa shape index (κ1) is 21.1. The number of imide groups is 1. The van der Waals surface area contributed by atoms with Crippen LogP contribution in [0.2, 0.25) is 0 Å². The van der Waals surface area contributed by atoms with Crippen molar-refractivity contribution in [2.75, 3.05) is 10.2 Å². The number of benzene rings is 3. The molecule has 1 aliphatic rings. The quantitative estimate of drug-likeness (QED) is 0.589. The molecule has 0 aliphatic carbocycles. The molecule has 0 fully saturated rings. The monoisotopic (exact) mass is 421 g/mol. The van der Waals surface area contributed by atoms with Gasteiger partial charge >= 0.3 is 0 Å². The first-order valence-corrected chi connectivity index (χ1v) is 10.4. The van der Waals surface area contributed by atoms with E-state index in [1.807, 2.05) is 64.1 Å². The van der Waals surface area contributed by atoms with Crippen LogP contribution in [-0.4, -0.2) is 11.8 Å². The van der Waals surface area contributed by atoms with Crippen molar-refractivity contribution in [2.45, 2.75) is 27.7 Å². The molecular formula is C27H23N3O2. The van der Waals surface area contributed by atoms with Crippen LogP contribution in [0.5, 0.6) is 0 Å². The lowest BCUT2D eigenvalue weighted by atomic mass is 9.97. The Hall–Kier alpha value is -4.17. The minimum Gasteiger partial charge on any atom is -0.350 e. The van der Waals surface area contributed by atoms with Gasteiger partial charge in [0.25, 0.3) is 11.8 Å². The molecule has 0 radical (unpaired) electrons. The van der Waals surface area contributed by atoms with E-state index in [1.54, 1.807) is 24.3 Å². The Labute approximate surface area is 187 Å². The van der Waals surface area contributed by atoms with Crippen LogP contribution in [0.3, 0.4) is 0 Å². The van der Waals surface area contributed by atoms with E-state index in [2.05, 4.69) is 11.4 Å². The van der Waals surface area contributed by atoms with Gasteiger partial charge in [-0.05, 0) is 74.7 Å². The van der Waals surface area contributed by atoms with E-state index in [-0.39, 0.29) is 11.6 Å². The molecule has 0 bridgehead atoms. The number of carbonyl (C=O) groups excluding carboxylic acids is 2. The van der Waals surface area contributed by atoms with Gasteiger partial charge < -0.3 is 5.32 Å². The summed E-state index contributed by atoms with van der Waals surface area (Å²) in [6, 6.07) is 20.2. The summed E-state index contributed by atoms with van der Waals surface area (Å²) >= 11 is 0. The van der Waals surface area contributed by atoms with Gasteiger partial charge in [0.05, 0.1) is 22.9 Å². The maximum atomic E-state index is 13.6. The van der Waals surface area contributed by atoms with E-state index in [0.29, 0.717) is 16.8 Å². The van der Waals surface area contributed by atoms with E-state index in [9.17, 15) is 9.59 Å².